The first-order chi connectivity index (χ1) is 7.27. The largest absolute Gasteiger partial charge is 0.390 e. The van der Waals surface area contributed by atoms with Gasteiger partial charge in [-0.2, -0.15) is 13.2 Å². The Labute approximate surface area is 93.2 Å². The molecule has 4 nitrogen and oxygen atoms in total. The Morgan fingerprint density at radius 2 is 1.94 bits per heavy atom. The zero-order valence-electron chi connectivity index (χ0n) is 9.01. The van der Waals surface area contributed by atoms with Crippen molar-refractivity contribution in [3.63, 3.8) is 0 Å². The van der Waals surface area contributed by atoms with Crippen LogP contribution in [0, 0.1) is 0 Å². The normalized spacial score (nSPS) is 13.0. The minimum atomic E-state index is -4.44. The molecule has 16 heavy (non-hydrogen) atoms. The molecule has 0 saturated heterocycles. The van der Waals surface area contributed by atoms with Gasteiger partial charge in [0.05, 0.1) is 12.2 Å². The van der Waals surface area contributed by atoms with E-state index in [4.69, 9.17) is 4.74 Å². The molecular weight excluding hydrogens is 247 g/mol. The maximum atomic E-state index is 11.8. The Morgan fingerprint density at radius 1 is 1.31 bits per heavy atom. The molecule has 0 amide bonds. The van der Waals surface area contributed by atoms with Crippen molar-refractivity contribution >= 4 is 10.0 Å². The highest BCUT2D eigenvalue weighted by atomic mass is 32.2. The minimum absolute atomic E-state index is 0.0974. The van der Waals surface area contributed by atoms with Crippen LogP contribution in [0.1, 0.15) is 19.8 Å². The molecule has 1 N–H and O–H groups in total. The molecular formula is C8H16F3NO3S. The van der Waals surface area contributed by atoms with Gasteiger partial charge in [-0.3, -0.25) is 0 Å². The molecule has 0 aromatic rings. The van der Waals surface area contributed by atoms with E-state index in [9.17, 15) is 21.6 Å². The van der Waals surface area contributed by atoms with Gasteiger partial charge in [-0.05, 0) is 13.3 Å². The van der Waals surface area contributed by atoms with Crippen LogP contribution in [-0.4, -0.2) is 40.1 Å². The number of alkyl halides is 3. The summed E-state index contributed by atoms with van der Waals surface area (Å²) < 4.78 is 64.4. The van der Waals surface area contributed by atoms with Crippen LogP contribution in [0.2, 0.25) is 0 Å². The second kappa shape index (κ2) is 7.08. The number of halogens is 3. The molecule has 0 aliphatic carbocycles. The van der Waals surface area contributed by atoms with Crippen LogP contribution >= 0.6 is 0 Å². The number of nitrogens with one attached hydrogen (secondary N) is 1. The van der Waals surface area contributed by atoms with E-state index < -0.39 is 28.4 Å². The maximum absolute atomic E-state index is 11.8. The van der Waals surface area contributed by atoms with Crippen molar-refractivity contribution in [2.45, 2.75) is 25.9 Å². The third-order valence-corrected chi connectivity index (χ3v) is 3.03. The quantitative estimate of drug-likeness (QED) is 0.671. The van der Waals surface area contributed by atoms with Crippen molar-refractivity contribution in [1.29, 1.82) is 0 Å². The molecule has 0 rings (SSSR count). The number of hydrogen-bond acceptors (Lipinski definition) is 3. The fraction of sp³-hybridized carbons (Fsp3) is 1.00. The molecule has 0 aliphatic rings. The average molecular weight is 263 g/mol. The first kappa shape index (κ1) is 15.7. The summed E-state index contributed by atoms with van der Waals surface area (Å²) in [4.78, 5) is 0. The van der Waals surface area contributed by atoms with Crippen LogP contribution in [-0.2, 0) is 14.8 Å². The van der Waals surface area contributed by atoms with Crippen LogP contribution in [0.15, 0.2) is 0 Å². The van der Waals surface area contributed by atoms with Crippen molar-refractivity contribution in [3.05, 3.63) is 0 Å². The standard InChI is InChI=1S/C8H16F3NO3S/c1-2-15-6-3-5-12-16(13,14)7-4-8(9,10)11/h12H,2-7H2,1H3. The first-order valence-electron chi connectivity index (χ1n) is 4.88. The van der Waals surface area contributed by atoms with E-state index in [2.05, 4.69) is 4.72 Å². The van der Waals surface area contributed by atoms with Crippen molar-refractivity contribution < 1.29 is 26.3 Å². The van der Waals surface area contributed by atoms with Crippen LogP contribution in [0.5, 0.6) is 0 Å². The predicted molar refractivity (Wildman–Crippen MR) is 53.6 cm³/mol. The van der Waals surface area contributed by atoms with Crippen molar-refractivity contribution in [1.82, 2.24) is 4.72 Å². The van der Waals surface area contributed by atoms with Gasteiger partial charge in [-0.15, -0.1) is 0 Å². The Bertz CT molecular complexity index is 277. The van der Waals surface area contributed by atoms with Gasteiger partial charge in [0.25, 0.3) is 0 Å². The van der Waals surface area contributed by atoms with Crippen LogP contribution in [0.3, 0.4) is 0 Å². The zero-order chi connectivity index (χ0) is 12.7. The van der Waals surface area contributed by atoms with Crippen molar-refractivity contribution in [3.8, 4) is 0 Å². The number of hydrogen-bond donors (Lipinski definition) is 1. The molecule has 0 heterocycles. The van der Waals surface area contributed by atoms with Gasteiger partial charge >= 0.3 is 6.18 Å². The van der Waals surface area contributed by atoms with Crippen LogP contribution < -0.4 is 4.72 Å². The summed E-state index contributed by atoms with van der Waals surface area (Å²) in [6.07, 6.45) is -5.33. The van der Waals surface area contributed by atoms with Crippen LogP contribution in [0.25, 0.3) is 0 Å². The second-order valence-electron chi connectivity index (χ2n) is 3.13. The molecule has 0 unspecified atom stereocenters. The highest BCUT2D eigenvalue weighted by Gasteiger charge is 2.29. The highest BCUT2D eigenvalue weighted by Crippen LogP contribution is 2.19. The van der Waals surface area contributed by atoms with Crippen molar-refractivity contribution in [2.75, 3.05) is 25.5 Å². The molecule has 0 saturated carbocycles. The van der Waals surface area contributed by atoms with Crippen molar-refractivity contribution in [2.24, 2.45) is 0 Å². The van der Waals surface area contributed by atoms with E-state index >= 15 is 0 Å². The topological polar surface area (TPSA) is 55.4 Å². The Morgan fingerprint density at radius 3 is 2.44 bits per heavy atom. The lowest BCUT2D eigenvalue weighted by Gasteiger charge is -2.08. The summed E-state index contributed by atoms with van der Waals surface area (Å²) in [6, 6.07) is 0. The van der Waals surface area contributed by atoms with Crippen LogP contribution in [0.4, 0.5) is 13.2 Å². The van der Waals surface area contributed by atoms with E-state index in [0.717, 1.165) is 0 Å². The van der Waals surface area contributed by atoms with Gasteiger partial charge in [0, 0.05) is 19.8 Å². The lowest BCUT2D eigenvalue weighted by atomic mass is 10.5. The summed E-state index contributed by atoms with van der Waals surface area (Å²) in [6.45, 7) is 2.81. The van der Waals surface area contributed by atoms with E-state index in [-0.39, 0.29) is 6.54 Å². The Kier molecular flexibility index (Phi) is 6.93. The zero-order valence-corrected chi connectivity index (χ0v) is 9.83. The monoisotopic (exact) mass is 263 g/mol. The minimum Gasteiger partial charge on any atom is -0.382 e. The summed E-state index contributed by atoms with van der Waals surface area (Å²) in [5, 5.41) is 0. The summed E-state index contributed by atoms with van der Waals surface area (Å²) >= 11 is 0. The van der Waals surface area contributed by atoms with Gasteiger partial charge < -0.3 is 4.74 Å². The second-order valence-corrected chi connectivity index (χ2v) is 5.06. The number of rotatable bonds is 8. The fourth-order valence-electron chi connectivity index (χ4n) is 0.868. The van der Waals surface area contributed by atoms with Gasteiger partial charge in [-0.1, -0.05) is 0 Å². The Balaban J connectivity index is 3.71. The molecule has 0 bridgehead atoms. The molecule has 98 valence electrons. The molecule has 0 aliphatic heterocycles. The van der Waals surface area contributed by atoms with E-state index in [1.54, 1.807) is 6.92 Å². The molecule has 0 fully saturated rings. The Hall–Kier alpha value is -0.340. The molecule has 0 radical (unpaired) electrons. The fourth-order valence-corrected chi connectivity index (χ4v) is 1.97. The summed E-state index contributed by atoms with van der Waals surface area (Å²) in [5.41, 5.74) is 0. The lowest BCUT2D eigenvalue weighted by molar-refractivity contribution is -0.129. The summed E-state index contributed by atoms with van der Waals surface area (Å²) in [7, 11) is -3.83. The van der Waals surface area contributed by atoms with Gasteiger partial charge in [0.2, 0.25) is 10.0 Å². The molecule has 0 atom stereocenters. The van der Waals surface area contributed by atoms with E-state index in [0.29, 0.717) is 19.6 Å². The maximum Gasteiger partial charge on any atom is 0.390 e. The number of sulfonamides is 1. The van der Waals surface area contributed by atoms with Gasteiger partial charge in [0.15, 0.2) is 0 Å². The molecule has 8 heteroatoms. The molecule has 0 aromatic heterocycles. The van der Waals surface area contributed by atoms with E-state index in [1.165, 1.54) is 0 Å². The van der Waals surface area contributed by atoms with E-state index in [1.807, 2.05) is 0 Å². The smallest absolute Gasteiger partial charge is 0.382 e. The van der Waals surface area contributed by atoms with Gasteiger partial charge in [0.1, 0.15) is 0 Å². The molecule has 0 aromatic carbocycles. The SMILES string of the molecule is CCOCCCNS(=O)(=O)CCC(F)(F)F. The lowest BCUT2D eigenvalue weighted by Crippen LogP contribution is -2.30. The van der Waals surface area contributed by atoms with Gasteiger partial charge in [-0.25, -0.2) is 13.1 Å². The third-order valence-electron chi connectivity index (χ3n) is 1.65. The highest BCUT2D eigenvalue weighted by molar-refractivity contribution is 7.89. The first-order valence-corrected chi connectivity index (χ1v) is 6.54. The molecule has 0 spiro atoms. The number of ether oxygens (including phenoxy) is 1. The average Bonchev–Trinajstić information content (AvgIpc) is 2.14. The third kappa shape index (κ3) is 10.2. The predicted octanol–water partition coefficient (Wildman–Crippen LogP) is 1.28. The summed E-state index contributed by atoms with van der Waals surface area (Å²) in [5.74, 6) is -0.925.